The smallest absolute Gasteiger partial charge is 0.241 e. The first-order chi connectivity index (χ1) is 15.3. The molecule has 2 N–H and O–H groups in total. The van der Waals surface area contributed by atoms with E-state index in [1.165, 1.54) is 12.1 Å². The Morgan fingerprint density at radius 1 is 1.00 bits per heavy atom. The van der Waals surface area contributed by atoms with Crippen molar-refractivity contribution in [1.29, 1.82) is 0 Å². The van der Waals surface area contributed by atoms with Gasteiger partial charge in [-0.05, 0) is 65.3 Å². The predicted molar refractivity (Wildman–Crippen MR) is 128 cm³/mol. The SMILES string of the molecule is CC(C)[C@@H](NS(=O)(=O)c1ccc2ccccc2c1)C(=O)NCCCSc1ccc(F)cc1. The van der Waals surface area contributed by atoms with Crippen molar-refractivity contribution in [3.8, 4) is 0 Å². The molecule has 0 unspecified atom stereocenters. The lowest BCUT2D eigenvalue weighted by molar-refractivity contribution is -0.123. The maximum Gasteiger partial charge on any atom is 0.241 e. The molecule has 0 aliphatic rings. The molecule has 3 aromatic carbocycles. The molecule has 0 saturated carbocycles. The van der Waals surface area contributed by atoms with E-state index in [4.69, 9.17) is 0 Å². The third-order valence-electron chi connectivity index (χ3n) is 4.97. The van der Waals surface area contributed by atoms with E-state index in [1.54, 1.807) is 55.9 Å². The molecule has 0 aromatic heterocycles. The van der Waals surface area contributed by atoms with Crippen LogP contribution in [0.5, 0.6) is 0 Å². The summed E-state index contributed by atoms with van der Waals surface area (Å²) in [6.45, 7) is 4.03. The van der Waals surface area contributed by atoms with Gasteiger partial charge in [-0.3, -0.25) is 4.79 Å². The Kier molecular flexibility index (Phi) is 8.28. The number of nitrogens with one attached hydrogen (secondary N) is 2. The van der Waals surface area contributed by atoms with E-state index in [9.17, 15) is 17.6 Å². The van der Waals surface area contributed by atoms with Crippen LogP contribution in [0.3, 0.4) is 0 Å². The Morgan fingerprint density at radius 3 is 2.38 bits per heavy atom. The van der Waals surface area contributed by atoms with Gasteiger partial charge in [0.2, 0.25) is 15.9 Å². The monoisotopic (exact) mass is 474 g/mol. The largest absolute Gasteiger partial charge is 0.355 e. The molecule has 0 radical (unpaired) electrons. The number of hydrogen-bond donors (Lipinski definition) is 2. The number of sulfonamides is 1. The highest BCUT2D eigenvalue weighted by Crippen LogP contribution is 2.20. The van der Waals surface area contributed by atoms with Crippen molar-refractivity contribution in [3.05, 3.63) is 72.5 Å². The molecule has 170 valence electrons. The van der Waals surface area contributed by atoms with Crippen molar-refractivity contribution in [3.63, 3.8) is 0 Å². The van der Waals surface area contributed by atoms with Crippen LogP contribution in [0.4, 0.5) is 4.39 Å². The molecule has 3 aromatic rings. The fourth-order valence-electron chi connectivity index (χ4n) is 3.18. The number of hydrogen-bond acceptors (Lipinski definition) is 4. The fourth-order valence-corrected chi connectivity index (χ4v) is 5.41. The summed E-state index contributed by atoms with van der Waals surface area (Å²) >= 11 is 1.57. The maximum absolute atomic E-state index is 12.9. The van der Waals surface area contributed by atoms with Gasteiger partial charge in [-0.2, -0.15) is 4.72 Å². The second-order valence-electron chi connectivity index (χ2n) is 7.80. The summed E-state index contributed by atoms with van der Waals surface area (Å²) in [7, 11) is -3.86. The van der Waals surface area contributed by atoms with Gasteiger partial charge in [0.25, 0.3) is 0 Å². The summed E-state index contributed by atoms with van der Waals surface area (Å²) < 4.78 is 41.4. The lowest BCUT2D eigenvalue weighted by Crippen LogP contribution is -2.49. The van der Waals surface area contributed by atoms with E-state index in [-0.39, 0.29) is 22.5 Å². The lowest BCUT2D eigenvalue weighted by atomic mass is 10.1. The Hall–Kier alpha value is -2.42. The summed E-state index contributed by atoms with van der Waals surface area (Å²) in [4.78, 5) is 13.8. The van der Waals surface area contributed by atoms with Crippen LogP contribution in [0, 0.1) is 11.7 Å². The maximum atomic E-state index is 12.9. The first kappa shape index (κ1) is 24.2. The van der Waals surface area contributed by atoms with Crippen LogP contribution in [0.15, 0.2) is 76.5 Å². The third kappa shape index (κ3) is 6.54. The zero-order valence-electron chi connectivity index (χ0n) is 18.0. The van der Waals surface area contributed by atoms with E-state index in [1.807, 2.05) is 24.3 Å². The highest BCUT2D eigenvalue weighted by molar-refractivity contribution is 7.99. The van der Waals surface area contributed by atoms with E-state index < -0.39 is 16.1 Å². The molecule has 0 saturated heterocycles. The van der Waals surface area contributed by atoms with Crippen LogP contribution in [0.2, 0.25) is 0 Å². The first-order valence-corrected chi connectivity index (χ1v) is 12.9. The van der Waals surface area contributed by atoms with Gasteiger partial charge in [-0.1, -0.05) is 44.2 Å². The van der Waals surface area contributed by atoms with Crippen LogP contribution >= 0.6 is 11.8 Å². The standard InChI is InChI=1S/C24H27FN2O3S2/c1-17(2)23(24(28)26-14-5-15-31-21-11-9-20(25)10-12-21)27-32(29,30)22-13-8-18-6-3-4-7-19(18)16-22/h3-4,6-13,16-17,23,27H,5,14-15H2,1-2H3,(H,26,28)/t23-/m1/s1. The van der Waals surface area contributed by atoms with Crippen LogP contribution in [0.25, 0.3) is 10.8 Å². The van der Waals surface area contributed by atoms with Gasteiger partial charge >= 0.3 is 0 Å². The second kappa shape index (κ2) is 10.9. The summed E-state index contributed by atoms with van der Waals surface area (Å²) in [6, 6.07) is 17.8. The van der Waals surface area contributed by atoms with Crippen molar-refractivity contribution < 1.29 is 17.6 Å². The van der Waals surface area contributed by atoms with Gasteiger partial charge < -0.3 is 5.32 Å². The Balaban J connectivity index is 1.56. The molecular formula is C24H27FN2O3S2. The number of thioether (sulfide) groups is 1. The van der Waals surface area contributed by atoms with E-state index in [0.29, 0.717) is 13.0 Å². The number of fused-ring (bicyclic) bond motifs is 1. The summed E-state index contributed by atoms with van der Waals surface area (Å²) in [5.41, 5.74) is 0. The molecule has 8 heteroatoms. The Bertz CT molecular complexity index is 1170. The number of halogens is 1. The van der Waals surface area contributed by atoms with Crippen molar-refractivity contribution in [1.82, 2.24) is 10.0 Å². The average Bonchev–Trinajstić information content (AvgIpc) is 2.78. The number of carbonyl (C=O) groups is 1. The fraction of sp³-hybridized carbons (Fsp3) is 0.292. The molecular weight excluding hydrogens is 447 g/mol. The first-order valence-electron chi connectivity index (χ1n) is 10.4. The second-order valence-corrected chi connectivity index (χ2v) is 10.7. The lowest BCUT2D eigenvalue weighted by Gasteiger charge is -2.22. The quantitative estimate of drug-likeness (QED) is 0.333. The number of benzene rings is 3. The van der Waals surface area contributed by atoms with E-state index in [0.717, 1.165) is 21.4 Å². The van der Waals surface area contributed by atoms with Gasteiger partial charge in [0.05, 0.1) is 4.90 Å². The van der Waals surface area contributed by atoms with Gasteiger partial charge in [-0.15, -0.1) is 11.8 Å². The minimum Gasteiger partial charge on any atom is -0.355 e. The van der Waals surface area contributed by atoms with Crippen molar-refractivity contribution in [2.24, 2.45) is 5.92 Å². The summed E-state index contributed by atoms with van der Waals surface area (Å²) in [5, 5.41) is 4.59. The topological polar surface area (TPSA) is 75.3 Å². The van der Waals surface area contributed by atoms with Crippen molar-refractivity contribution in [2.45, 2.75) is 36.1 Å². The molecule has 0 aliphatic heterocycles. The molecule has 5 nitrogen and oxygen atoms in total. The van der Waals surface area contributed by atoms with Crippen LogP contribution in [-0.4, -0.2) is 32.7 Å². The van der Waals surface area contributed by atoms with Gasteiger partial charge in [-0.25, -0.2) is 12.8 Å². The average molecular weight is 475 g/mol. The molecule has 0 bridgehead atoms. The van der Waals surface area contributed by atoms with E-state index >= 15 is 0 Å². The molecule has 1 amide bonds. The van der Waals surface area contributed by atoms with Crippen molar-refractivity contribution in [2.75, 3.05) is 12.3 Å². The zero-order valence-corrected chi connectivity index (χ0v) is 19.7. The summed E-state index contributed by atoms with van der Waals surface area (Å²) in [6.07, 6.45) is 0.704. The number of rotatable bonds is 10. The van der Waals surface area contributed by atoms with Gasteiger partial charge in [0.15, 0.2) is 0 Å². The molecule has 1 atom stereocenters. The molecule has 3 rings (SSSR count). The van der Waals surface area contributed by atoms with Crippen molar-refractivity contribution >= 4 is 38.5 Å². The highest BCUT2D eigenvalue weighted by Gasteiger charge is 2.28. The normalized spacial score (nSPS) is 12.8. The summed E-state index contributed by atoms with van der Waals surface area (Å²) in [5.74, 6) is -0.0939. The van der Waals surface area contributed by atoms with Crippen LogP contribution < -0.4 is 10.0 Å². The van der Waals surface area contributed by atoms with Gasteiger partial charge in [0.1, 0.15) is 11.9 Å². The van der Waals surface area contributed by atoms with Crippen LogP contribution in [0.1, 0.15) is 20.3 Å². The predicted octanol–water partition coefficient (Wildman–Crippen LogP) is 4.58. The zero-order chi connectivity index (χ0) is 23.1. The Labute approximate surface area is 192 Å². The minimum absolute atomic E-state index is 0.130. The number of carbonyl (C=O) groups excluding carboxylic acids is 1. The molecule has 0 heterocycles. The third-order valence-corrected chi connectivity index (χ3v) is 7.50. The van der Waals surface area contributed by atoms with Crippen LogP contribution in [-0.2, 0) is 14.8 Å². The Morgan fingerprint density at radius 2 is 1.69 bits per heavy atom. The van der Waals surface area contributed by atoms with E-state index in [2.05, 4.69) is 10.0 Å². The van der Waals surface area contributed by atoms with Gasteiger partial charge in [0, 0.05) is 11.4 Å². The molecule has 32 heavy (non-hydrogen) atoms. The number of amides is 1. The molecule has 0 spiro atoms. The molecule has 0 fully saturated rings. The molecule has 0 aliphatic carbocycles. The minimum atomic E-state index is -3.86. The highest BCUT2D eigenvalue weighted by atomic mass is 32.2.